The Hall–Kier alpha value is -2.44. The highest BCUT2D eigenvalue weighted by Crippen LogP contribution is 2.32. The average molecular weight is 373 g/mol. The van der Waals surface area contributed by atoms with Crippen LogP contribution in [0.15, 0.2) is 18.2 Å². The number of amides is 3. The van der Waals surface area contributed by atoms with E-state index in [4.69, 9.17) is 9.47 Å². The second kappa shape index (κ2) is 8.06. The van der Waals surface area contributed by atoms with Crippen LogP contribution >= 0.6 is 0 Å². The zero-order valence-corrected chi connectivity index (χ0v) is 15.6. The fourth-order valence-electron chi connectivity index (χ4n) is 4.04. The SMILES string of the molecule is O=C(NCCc1ccc2c(c1)OCO2)C1CCCN(C(=O)N2CCCC2)C1. The molecule has 2 saturated heterocycles. The summed E-state index contributed by atoms with van der Waals surface area (Å²) in [6.45, 7) is 3.84. The zero-order chi connectivity index (χ0) is 18.6. The van der Waals surface area contributed by atoms with E-state index in [1.54, 1.807) is 0 Å². The number of hydrogen-bond donors (Lipinski definition) is 1. The molecule has 3 amide bonds. The third kappa shape index (κ3) is 4.12. The van der Waals surface area contributed by atoms with Gasteiger partial charge in [-0.2, -0.15) is 0 Å². The minimum absolute atomic E-state index is 0.0506. The van der Waals surface area contributed by atoms with E-state index in [1.165, 1.54) is 0 Å². The van der Waals surface area contributed by atoms with Crippen LogP contribution < -0.4 is 14.8 Å². The zero-order valence-electron chi connectivity index (χ0n) is 15.6. The molecule has 146 valence electrons. The molecule has 27 heavy (non-hydrogen) atoms. The van der Waals surface area contributed by atoms with E-state index in [2.05, 4.69) is 5.32 Å². The predicted octanol–water partition coefficient (Wildman–Crippen LogP) is 2.00. The number of ether oxygens (including phenoxy) is 2. The van der Waals surface area contributed by atoms with E-state index in [9.17, 15) is 9.59 Å². The highest BCUT2D eigenvalue weighted by atomic mass is 16.7. The summed E-state index contributed by atoms with van der Waals surface area (Å²) in [5.74, 6) is 1.48. The molecule has 0 bridgehead atoms. The number of nitrogens with zero attached hydrogens (tertiary/aromatic N) is 2. The van der Waals surface area contributed by atoms with Gasteiger partial charge in [-0.25, -0.2) is 4.79 Å². The molecule has 7 nitrogen and oxygen atoms in total. The summed E-state index contributed by atoms with van der Waals surface area (Å²) in [6, 6.07) is 5.97. The van der Waals surface area contributed by atoms with Crippen LogP contribution in [-0.2, 0) is 11.2 Å². The Morgan fingerprint density at radius 3 is 2.67 bits per heavy atom. The van der Waals surface area contributed by atoms with E-state index in [0.717, 1.165) is 68.8 Å². The molecule has 2 fully saturated rings. The molecular weight excluding hydrogens is 346 g/mol. The van der Waals surface area contributed by atoms with Gasteiger partial charge in [0.2, 0.25) is 12.7 Å². The van der Waals surface area contributed by atoms with Crippen molar-refractivity contribution in [2.75, 3.05) is 39.5 Å². The number of piperidine rings is 1. The molecule has 3 aliphatic rings. The van der Waals surface area contributed by atoms with Crippen molar-refractivity contribution in [2.45, 2.75) is 32.1 Å². The number of nitrogens with one attached hydrogen (secondary N) is 1. The van der Waals surface area contributed by atoms with E-state index in [0.29, 0.717) is 13.1 Å². The molecule has 0 aromatic heterocycles. The molecule has 1 aromatic carbocycles. The maximum absolute atomic E-state index is 12.6. The Balaban J connectivity index is 1.24. The molecule has 3 aliphatic heterocycles. The van der Waals surface area contributed by atoms with Crippen LogP contribution in [0.4, 0.5) is 4.79 Å². The second-order valence-electron chi connectivity index (χ2n) is 7.49. The molecule has 0 saturated carbocycles. The van der Waals surface area contributed by atoms with Crippen LogP contribution in [0.2, 0.25) is 0 Å². The van der Waals surface area contributed by atoms with Crippen molar-refractivity contribution < 1.29 is 19.1 Å². The molecule has 0 spiro atoms. The number of hydrogen-bond acceptors (Lipinski definition) is 4. The fraction of sp³-hybridized carbons (Fsp3) is 0.600. The lowest BCUT2D eigenvalue weighted by Crippen LogP contribution is -2.49. The van der Waals surface area contributed by atoms with Crippen molar-refractivity contribution in [1.29, 1.82) is 0 Å². The third-order valence-electron chi connectivity index (χ3n) is 5.59. The summed E-state index contributed by atoms with van der Waals surface area (Å²) >= 11 is 0. The first-order chi connectivity index (χ1) is 13.2. The highest BCUT2D eigenvalue weighted by molar-refractivity contribution is 5.81. The number of benzene rings is 1. The Morgan fingerprint density at radius 2 is 1.81 bits per heavy atom. The van der Waals surface area contributed by atoms with Crippen molar-refractivity contribution >= 4 is 11.9 Å². The van der Waals surface area contributed by atoms with Crippen molar-refractivity contribution in [3.8, 4) is 11.5 Å². The van der Waals surface area contributed by atoms with Crippen molar-refractivity contribution in [1.82, 2.24) is 15.1 Å². The monoisotopic (exact) mass is 373 g/mol. The lowest BCUT2D eigenvalue weighted by molar-refractivity contribution is -0.126. The van der Waals surface area contributed by atoms with Gasteiger partial charge in [0.25, 0.3) is 0 Å². The smallest absolute Gasteiger partial charge is 0.320 e. The molecule has 0 radical (unpaired) electrons. The number of urea groups is 1. The molecule has 1 aromatic rings. The van der Waals surface area contributed by atoms with Gasteiger partial charge in [0.05, 0.1) is 5.92 Å². The van der Waals surface area contributed by atoms with Gasteiger partial charge in [0.1, 0.15) is 0 Å². The molecule has 0 aliphatic carbocycles. The lowest BCUT2D eigenvalue weighted by atomic mass is 9.97. The molecular formula is C20H27N3O4. The van der Waals surface area contributed by atoms with Crippen LogP contribution in [-0.4, -0.2) is 61.3 Å². The van der Waals surface area contributed by atoms with Gasteiger partial charge in [-0.1, -0.05) is 6.07 Å². The standard InChI is InChI=1S/C20H27N3O4/c24-19(21-8-7-15-5-6-17-18(12-15)27-14-26-17)16-4-3-11-23(13-16)20(25)22-9-1-2-10-22/h5-6,12,16H,1-4,7-11,13-14H2,(H,21,24). The van der Waals surface area contributed by atoms with Crippen LogP contribution in [0.5, 0.6) is 11.5 Å². The third-order valence-corrected chi connectivity index (χ3v) is 5.59. The second-order valence-corrected chi connectivity index (χ2v) is 7.49. The van der Waals surface area contributed by atoms with Crippen molar-refractivity contribution in [3.05, 3.63) is 23.8 Å². The van der Waals surface area contributed by atoms with Gasteiger partial charge >= 0.3 is 6.03 Å². The summed E-state index contributed by atoms with van der Waals surface area (Å²) in [7, 11) is 0. The summed E-state index contributed by atoms with van der Waals surface area (Å²) in [5.41, 5.74) is 1.11. The average Bonchev–Trinajstić information content (AvgIpc) is 3.39. The fourth-order valence-corrected chi connectivity index (χ4v) is 4.04. The van der Waals surface area contributed by atoms with Gasteiger partial charge < -0.3 is 24.6 Å². The van der Waals surface area contributed by atoms with Gasteiger partial charge in [-0.15, -0.1) is 0 Å². The Morgan fingerprint density at radius 1 is 1.04 bits per heavy atom. The Kier molecular flexibility index (Phi) is 5.36. The quantitative estimate of drug-likeness (QED) is 0.876. The summed E-state index contributed by atoms with van der Waals surface area (Å²) in [6.07, 6.45) is 4.65. The minimum atomic E-state index is -0.109. The van der Waals surface area contributed by atoms with Crippen molar-refractivity contribution in [2.24, 2.45) is 5.92 Å². The van der Waals surface area contributed by atoms with Gasteiger partial charge in [-0.05, 0) is 49.8 Å². The number of likely N-dealkylation sites (tertiary alicyclic amines) is 2. The van der Waals surface area contributed by atoms with Crippen molar-refractivity contribution in [3.63, 3.8) is 0 Å². The topological polar surface area (TPSA) is 71.1 Å². The van der Waals surface area contributed by atoms with Gasteiger partial charge in [-0.3, -0.25) is 4.79 Å². The first kappa shape index (κ1) is 17.9. The van der Waals surface area contributed by atoms with E-state index in [-0.39, 0.29) is 24.6 Å². The predicted molar refractivity (Wildman–Crippen MR) is 99.8 cm³/mol. The normalized spacial score (nSPS) is 21.4. The van der Waals surface area contributed by atoms with E-state index >= 15 is 0 Å². The number of fused-ring (bicyclic) bond motifs is 1. The maximum atomic E-state index is 12.6. The number of carbonyl (C=O) groups is 2. The van der Waals surface area contributed by atoms with Crippen LogP contribution in [0.3, 0.4) is 0 Å². The van der Waals surface area contributed by atoms with Gasteiger partial charge in [0.15, 0.2) is 11.5 Å². The molecule has 1 unspecified atom stereocenters. The number of rotatable bonds is 4. The molecule has 3 heterocycles. The largest absolute Gasteiger partial charge is 0.454 e. The van der Waals surface area contributed by atoms with E-state index in [1.807, 2.05) is 28.0 Å². The van der Waals surface area contributed by atoms with Gasteiger partial charge in [0, 0.05) is 32.7 Å². The highest BCUT2D eigenvalue weighted by Gasteiger charge is 2.31. The summed E-state index contributed by atoms with van der Waals surface area (Å²) in [5, 5.41) is 3.04. The molecule has 4 rings (SSSR count). The minimum Gasteiger partial charge on any atom is -0.454 e. The van der Waals surface area contributed by atoms with E-state index < -0.39 is 0 Å². The van der Waals surface area contributed by atoms with Crippen LogP contribution in [0, 0.1) is 5.92 Å². The van der Waals surface area contributed by atoms with Crippen LogP contribution in [0.1, 0.15) is 31.2 Å². The molecule has 1 atom stereocenters. The summed E-state index contributed by atoms with van der Waals surface area (Å²) in [4.78, 5) is 28.9. The first-order valence-corrected chi connectivity index (χ1v) is 9.91. The maximum Gasteiger partial charge on any atom is 0.320 e. The first-order valence-electron chi connectivity index (χ1n) is 9.91. The summed E-state index contributed by atoms with van der Waals surface area (Å²) < 4.78 is 10.7. The van der Waals surface area contributed by atoms with Crippen LogP contribution in [0.25, 0.3) is 0 Å². The number of carbonyl (C=O) groups excluding carboxylic acids is 2. The lowest BCUT2D eigenvalue weighted by Gasteiger charge is -2.34. The molecule has 7 heteroatoms. The Labute approximate surface area is 159 Å². The Bertz CT molecular complexity index is 702. The molecule has 1 N–H and O–H groups in total.